The van der Waals surface area contributed by atoms with E-state index in [1.165, 1.54) is 18.5 Å². The number of piperidine rings is 1. The van der Waals surface area contributed by atoms with E-state index in [9.17, 15) is 0 Å². The van der Waals surface area contributed by atoms with Crippen LogP contribution in [0.1, 0.15) is 18.9 Å². The molecule has 2 unspecified atom stereocenters. The average molecular weight is 303 g/mol. The fourth-order valence-electron chi connectivity index (χ4n) is 2.08. The maximum Gasteiger partial charge on any atom is 0.0406 e. The Hall–Kier alpha value is -0.0500. The monoisotopic (exact) mass is 301 g/mol. The van der Waals surface area contributed by atoms with Crippen LogP contribution in [0.15, 0.2) is 24.3 Å². The fourth-order valence-corrected chi connectivity index (χ4v) is 2.88. The maximum atomic E-state index is 5.88. The van der Waals surface area contributed by atoms with Crippen molar-refractivity contribution in [3.05, 3.63) is 34.9 Å². The lowest BCUT2D eigenvalue weighted by molar-refractivity contribution is 0.194. The summed E-state index contributed by atoms with van der Waals surface area (Å²) in [7, 11) is 0. The first-order chi connectivity index (χ1) is 7.65. The topological polar surface area (TPSA) is 3.24 Å². The van der Waals surface area contributed by atoms with Crippen molar-refractivity contribution in [1.82, 2.24) is 4.90 Å². The third-order valence-electron chi connectivity index (χ3n) is 3.27. The zero-order valence-corrected chi connectivity index (χ0v) is 11.8. The van der Waals surface area contributed by atoms with E-state index in [1.54, 1.807) is 0 Å². The molecule has 0 amide bonds. The first kappa shape index (κ1) is 12.4. The first-order valence-electron chi connectivity index (χ1n) is 5.76. The standard InChI is InChI=1S/C13H17BrClN/c1-10-6-7-16(9-13(10)14)8-11-2-4-12(15)5-3-11/h2-5,10,13H,6-9H2,1H3. The van der Waals surface area contributed by atoms with E-state index in [-0.39, 0.29) is 0 Å². The van der Waals surface area contributed by atoms with Gasteiger partial charge in [0.2, 0.25) is 0 Å². The summed E-state index contributed by atoms with van der Waals surface area (Å²) >= 11 is 9.63. The van der Waals surface area contributed by atoms with Crippen molar-refractivity contribution in [3.8, 4) is 0 Å². The number of nitrogens with zero attached hydrogens (tertiary/aromatic N) is 1. The van der Waals surface area contributed by atoms with Gasteiger partial charge in [-0.15, -0.1) is 0 Å². The Morgan fingerprint density at radius 2 is 2.06 bits per heavy atom. The summed E-state index contributed by atoms with van der Waals surface area (Å²) in [6.07, 6.45) is 1.28. The smallest absolute Gasteiger partial charge is 0.0406 e. The zero-order chi connectivity index (χ0) is 11.5. The Kier molecular flexibility index (Phi) is 4.28. The molecule has 1 saturated heterocycles. The third kappa shape index (κ3) is 3.22. The largest absolute Gasteiger partial charge is 0.298 e. The lowest BCUT2D eigenvalue weighted by Crippen LogP contribution is -2.39. The summed E-state index contributed by atoms with van der Waals surface area (Å²) < 4.78 is 0. The van der Waals surface area contributed by atoms with Crippen LogP contribution < -0.4 is 0 Å². The van der Waals surface area contributed by atoms with Gasteiger partial charge in [0.1, 0.15) is 0 Å². The van der Waals surface area contributed by atoms with Crippen LogP contribution in [0.5, 0.6) is 0 Å². The van der Waals surface area contributed by atoms with Gasteiger partial charge in [0, 0.05) is 22.9 Å². The fraction of sp³-hybridized carbons (Fsp3) is 0.538. The Morgan fingerprint density at radius 1 is 1.38 bits per heavy atom. The number of alkyl halides is 1. The second-order valence-corrected chi connectivity index (χ2v) is 6.26. The van der Waals surface area contributed by atoms with Gasteiger partial charge in [-0.25, -0.2) is 0 Å². The number of likely N-dealkylation sites (tertiary alicyclic amines) is 1. The highest BCUT2D eigenvalue weighted by molar-refractivity contribution is 9.09. The molecule has 0 N–H and O–H groups in total. The molecule has 1 nitrogen and oxygen atoms in total. The van der Waals surface area contributed by atoms with Crippen LogP contribution >= 0.6 is 27.5 Å². The van der Waals surface area contributed by atoms with Crippen LogP contribution in [-0.2, 0) is 6.54 Å². The molecule has 0 aliphatic carbocycles. The van der Waals surface area contributed by atoms with Gasteiger partial charge in [-0.3, -0.25) is 4.90 Å². The van der Waals surface area contributed by atoms with E-state index in [0.717, 1.165) is 24.0 Å². The van der Waals surface area contributed by atoms with E-state index in [1.807, 2.05) is 12.1 Å². The van der Waals surface area contributed by atoms with E-state index < -0.39 is 0 Å². The third-order valence-corrected chi connectivity index (χ3v) is 4.71. The van der Waals surface area contributed by atoms with Gasteiger partial charge in [0.05, 0.1) is 0 Å². The highest BCUT2D eigenvalue weighted by Gasteiger charge is 2.23. The molecule has 88 valence electrons. The van der Waals surface area contributed by atoms with Crippen LogP contribution in [0.3, 0.4) is 0 Å². The highest BCUT2D eigenvalue weighted by atomic mass is 79.9. The van der Waals surface area contributed by atoms with Crippen LogP contribution in [0, 0.1) is 5.92 Å². The molecule has 2 atom stereocenters. The molecule has 0 saturated carbocycles. The van der Waals surface area contributed by atoms with Gasteiger partial charge in [0.15, 0.2) is 0 Å². The Bertz CT molecular complexity index is 338. The van der Waals surface area contributed by atoms with Gasteiger partial charge >= 0.3 is 0 Å². The number of hydrogen-bond acceptors (Lipinski definition) is 1. The molecule has 1 aliphatic heterocycles. The second-order valence-electron chi connectivity index (χ2n) is 4.64. The average Bonchev–Trinajstić information content (AvgIpc) is 2.27. The number of halogens is 2. The van der Waals surface area contributed by atoms with Crippen molar-refractivity contribution in [2.75, 3.05) is 13.1 Å². The van der Waals surface area contributed by atoms with E-state index in [4.69, 9.17) is 11.6 Å². The first-order valence-corrected chi connectivity index (χ1v) is 7.05. The van der Waals surface area contributed by atoms with Gasteiger partial charge in [-0.2, -0.15) is 0 Å². The summed E-state index contributed by atoms with van der Waals surface area (Å²) in [4.78, 5) is 3.14. The Balaban J connectivity index is 1.93. The minimum Gasteiger partial charge on any atom is -0.298 e. The predicted molar refractivity (Wildman–Crippen MR) is 73.2 cm³/mol. The van der Waals surface area contributed by atoms with Crippen molar-refractivity contribution in [2.45, 2.75) is 24.7 Å². The molecule has 3 heteroatoms. The molecule has 1 aromatic rings. The van der Waals surface area contributed by atoms with Crippen molar-refractivity contribution in [3.63, 3.8) is 0 Å². The van der Waals surface area contributed by atoms with Crippen LogP contribution in [0.2, 0.25) is 5.02 Å². The van der Waals surface area contributed by atoms with Crippen molar-refractivity contribution < 1.29 is 0 Å². The number of benzene rings is 1. The normalized spacial score (nSPS) is 26.9. The summed E-state index contributed by atoms with van der Waals surface area (Å²) in [5.41, 5.74) is 1.35. The summed E-state index contributed by atoms with van der Waals surface area (Å²) in [6, 6.07) is 8.16. The Morgan fingerprint density at radius 3 is 2.69 bits per heavy atom. The highest BCUT2D eigenvalue weighted by Crippen LogP contribution is 2.24. The van der Waals surface area contributed by atoms with Crippen molar-refractivity contribution in [1.29, 1.82) is 0 Å². The molecule has 0 aromatic heterocycles. The maximum absolute atomic E-state index is 5.88. The molecular weight excluding hydrogens is 286 g/mol. The van der Waals surface area contributed by atoms with E-state index in [2.05, 4.69) is 39.9 Å². The zero-order valence-electron chi connectivity index (χ0n) is 9.50. The van der Waals surface area contributed by atoms with Crippen LogP contribution in [-0.4, -0.2) is 22.8 Å². The predicted octanol–water partition coefficient (Wildman–Crippen LogP) is 3.95. The molecule has 0 radical (unpaired) electrons. The van der Waals surface area contributed by atoms with Gasteiger partial charge < -0.3 is 0 Å². The lowest BCUT2D eigenvalue weighted by Gasteiger charge is -2.34. The minimum atomic E-state index is 0.633. The van der Waals surface area contributed by atoms with Crippen LogP contribution in [0.4, 0.5) is 0 Å². The van der Waals surface area contributed by atoms with Gasteiger partial charge in [-0.05, 0) is 36.6 Å². The minimum absolute atomic E-state index is 0.633. The van der Waals surface area contributed by atoms with E-state index >= 15 is 0 Å². The van der Waals surface area contributed by atoms with Crippen LogP contribution in [0.25, 0.3) is 0 Å². The second kappa shape index (κ2) is 5.52. The molecule has 1 aliphatic rings. The summed E-state index contributed by atoms with van der Waals surface area (Å²) in [6.45, 7) is 5.70. The molecule has 1 heterocycles. The molecule has 16 heavy (non-hydrogen) atoms. The Labute approximate surface area is 111 Å². The SMILES string of the molecule is CC1CCN(Cc2ccc(Cl)cc2)CC1Br. The number of hydrogen-bond donors (Lipinski definition) is 0. The summed E-state index contributed by atoms with van der Waals surface area (Å²) in [5.74, 6) is 0.793. The molecule has 2 rings (SSSR count). The van der Waals surface area contributed by atoms with Crippen molar-refractivity contribution >= 4 is 27.5 Å². The lowest BCUT2D eigenvalue weighted by atomic mass is 9.98. The molecule has 1 fully saturated rings. The molecule has 0 spiro atoms. The molecular formula is C13H17BrClN. The quantitative estimate of drug-likeness (QED) is 0.748. The molecule has 0 bridgehead atoms. The van der Waals surface area contributed by atoms with E-state index in [0.29, 0.717) is 4.83 Å². The van der Waals surface area contributed by atoms with Gasteiger partial charge in [0.25, 0.3) is 0 Å². The molecule has 1 aromatic carbocycles. The summed E-state index contributed by atoms with van der Waals surface area (Å²) in [5, 5.41) is 0.814. The van der Waals surface area contributed by atoms with Crippen molar-refractivity contribution in [2.24, 2.45) is 5.92 Å². The number of rotatable bonds is 2. The van der Waals surface area contributed by atoms with Gasteiger partial charge in [-0.1, -0.05) is 46.6 Å².